The van der Waals surface area contributed by atoms with Crippen LogP contribution in [0.5, 0.6) is 0 Å². The minimum Gasteiger partial charge on any atom is -0.383 e. The maximum absolute atomic E-state index is 5.48. The maximum atomic E-state index is 5.48. The van der Waals surface area contributed by atoms with Crippen molar-refractivity contribution in [3.05, 3.63) is 0 Å². The van der Waals surface area contributed by atoms with Crippen molar-refractivity contribution in [1.29, 1.82) is 0 Å². The SMILES string of the molecule is COCC(C)NC(=NC1CCOC(C)C1)NN. The molecule has 0 aromatic rings. The Labute approximate surface area is 103 Å². The van der Waals surface area contributed by atoms with Crippen molar-refractivity contribution in [2.75, 3.05) is 20.3 Å². The summed E-state index contributed by atoms with van der Waals surface area (Å²) in [5, 5.41) is 3.18. The van der Waals surface area contributed by atoms with Crippen LogP contribution in [0.4, 0.5) is 0 Å². The Kier molecular flexibility index (Phi) is 6.25. The molecule has 0 radical (unpaired) electrons. The van der Waals surface area contributed by atoms with Crippen LogP contribution in [0.3, 0.4) is 0 Å². The number of nitrogens with one attached hydrogen (secondary N) is 2. The highest BCUT2D eigenvalue weighted by Crippen LogP contribution is 2.16. The Balaban J connectivity index is 2.47. The van der Waals surface area contributed by atoms with E-state index in [4.69, 9.17) is 15.3 Å². The molecular formula is C11H24N4O2. The lowest BCUT2D eigenvalue weighted by molar-refractivity contribution is 0.0203. The molecule has 6 nitrogen and oxygen atoms in total. The van der Waals surface area contributed by atoms with E-state index in [2.05, 4.69) is 22.7 Å². The van der Waals surface area contributed by atoms with E-state index < -0.39 is 0 Å². The van der Waals surface area contributed by atoms with Crippen molar-refractivity contribution in [1.82, 2.24) is 10.7 Å². The lowest BCUT2D eigenvalue weighted by atomic mass is 10.1. The fraction of sp³-hybridized carbons (Fsp3) is 0.909. The second kappa shape index (κ2) is 7.47. The summed E-state index contributed by atoms with van der Waals surface area (Å²) in [6.07, 6.45) is 2.15. The largest absolute Gasteiger partial charge is 0.383 e. The summed E-state index contributed by atoms with van der Waals surface area (Å²) in [6.45, 7) is 5.47. The summed E-state index contributed by atoms with van der Waals surface area (Å²) in [5.41, 5.74) is 2.60. The molecule has 1 fully saturated rings. The fourth-order valence-electron chi connectivity index (χ4n) is 1.92. The van der Waals surface area contributed by atoms with Gasteiger partial charge in [0, 0.05) is 19.8 Å². The molecule has 100 valence electrons. The number of rotatable bonds is 4. The zero-order chi connectivity index (χ0) is 12.7. The second-order valence-corrected chi connectivity index (χ2v) is 4.48. The summed E-state index contributed by atoms with van der Waals surface area (Å²) < 4.78 is 10.5. The lowest BCUT2D eigenvalue weighted by Crippen LogP contribution is -2.47. The predicted octanol–water partition coefficient (Wildman–Crippen LogP) is -0.00230. The van der Waals surface area contributed by atoms with E-state index in [1.54, 1.807) is 7.11 Å². The van der Waals surface area contributed by atoms with E-state index in [9.17, 15) is 0 Å². The van der Waals surface area contributed by atoms with E-state index in [0.29, 0.717) is 12.6 Å². The van der Waals surface area contributed by atoms with Crippen LogP contribution in [0.25, 0.3) is 0 Å². The molecule has 1 aliphatic heterocycles. The second-order valence-electron chi connectivity index (χ2n) is 4.48. The molecule has 1 aliphatic rings. The molecule has 0 aliphatic carbocycles. The van der Waals surface area contributed by atoms with Gasteiger partial charge in [-0.1, -0.05) is 0 Å². The highest BCUT2D eigenvalue weighted by Gasteiger charge is 2.19. The number of methoxy groups -OCH3 is 1. The van der Waals surface area contributed by atoms with Gasteiger partial charge in [0.05, 0.1) is 18.8 Å². The fourth-order valence-corrected chi connectivity index (χ4v) is 1.92. The molecular weight excluding hydrogens is 220 g/mol. The quantitative estimate of drug-likeness (QED) is 0.281. The first-order valence-electron chi connectivity index (χ1n) is 6.07. The summed E-state index contributed by atoms with van der Waals surface area (Å²) in [7, 11) is 1.67. The highest BCUT2D eigenvalue weighted by atomic mass is 16.5. The number of aliphatic imine (C=N–C) groups is 1. The Morgan fingerprint density at radius 1 is 1.65 bits per heavy atom. The van der Waals surface area contributed by atoms with Crippen LogP contribution >= 0.6 is 0 Å². The molecule has 0 spiro atoms. The van der Waals surface area contributed by atoms with Gasteiger partial charge in [0.2, 0.25) is 5.96 Å². The number of nitrogens with two attached hydrogens (primary N) is 1. The topological polar surface area (TPSA) is 80.9 Å². The van der Waals surface area contributed by atoms with Crippen molar-refractivity contribution in [2.24, 2.45) is 10.8 Å². The smallest absolute Gasteiger partial charge is 0.206 e. The molecule has 4 N–H and O–H groups in total. The minimum absolute atomic E-state index is 0.173. The maximum Gasteiger partial charge on any atom is 0.206 e. The Hall–Kier alpha value is -0.850. The van der Waals surface area contributed by atoms with Gasteiger partial charge >= 0.3 is 0 Å². The van der Waals surface area contributed by atoms with Gasteiger partial charge in [-0.05, 0) is 26.7 Å². The first-order chi connectivity index (χ1) is 8.15. The molecule has 17 heavy (non-hydrogen) atoms. The molecule has 0 aromatic heterocycles. The third kappa shape index (κ3) is 5.34. The van der Waals surface area contributed by atoms with E-state index in [-0.39, 0.29) is 18.2 Å². The van der Waals surface area contributed by atoms with Crippen LogP contribution in [0, 0.1) is 0 Å². The highest BCUT2D eigenvalue weighted by molar-refractivity contribution is 5.79. The Morgan fingerprint density at radius 3 is 3.00 bits per heavy atom. The first-order valence-corrected chi connectivity index (χ1v) is 6.07. The zero-order valence-corrected chi connectivity index (χ0v) is 10.9. The number of hydrogen-bond donors (Lipinski definition) is 3. The zero-order valence-electron chi connectivity index (χ0n) is 10.9. The minimum atomic E-state index is 0.173. The average molecular weight is 244 g/mol. The number of ether oxygens (including phenoxy) is 2. The Bertz CT molecular complexity index is 248. The van der Waals surface area contributed by atoms with Gasteiger partial charge in [-0.3, -0.25) is 5.43 Å². The van der Waals surface area contributed by atoms with Crippen LogP contribution < -0.4 is 16.6 Å². The van der Waals surface area contributed by atoms with Crippen LogP contribution in [-0.4, -0.2) is 44.5 Å². The van der Waals surface area contributed by atoms with Gasteiger partial charge in [0.25, 0.3) is 0 Å². The Morgan fingerprint density at radius 2 is 2.41 bits per heavy atom. The summed E-state index contributed by atoms with van der Waals surface area (Å²) in [5.74, 6) is 6.07. The summed E-state index contributed by atoms with van der Waals surface area (Å²) >= 11 is 0. The third-order valence-electron chi connectivity index (χ3n) is 2.71. The van der Waals surface area contributed by atoms with E-state index in [1.807, 2.05) is 6.92 Å². The number of guanidine groups is 1. The van der Waals surface area contributed by atoms with Crippen LogP contribution in [0.1, 0.15) is 26.7 Å². The van der Waals surface area contributed by atoms with Gasteiger partial charge in [-0.25, -0.2) is 10.8 Å². The van der Waals surface area contributed by atoms with Crippen molar-refractivity contribution in [3.8, 4) is 0 Å². The van der Waals surface area contributed by atoms with E-state index in [1.165, 1.54) is 0 Å². The normalized spacial score (nSPS) is 27.6. The van der Waals surface area contributed by atoms with Gasteiger partial charge < -0.3 is 14.8 Å². The molecule has 0 saturated carbocycles. The molecule has 6 heteroatoms. The monoisotopic (exact) mass is 244 g/mol. The van der Waals surface area contributed by atoms with Crippen molar-refractivity contribution >= 4 is 5.96 Å². The van der Waals surface area contributed by atoms with Gasteiger partial charge in [-0.2, -0.15) is 0 Å². The average Bonchev–Trinajstić information content (AvgIpc) is 2.28. The van der Waals surface area contributed by atoms with Crippen molar-refractivity contribution < 1.29 is 9.47 Å². The van der Waals surface area contributed by atoms with E-state index >= 15 is 0 Å². The molecule has 1 heterocycles. The van der Waals surface area contributed by atoms with Gasteiger partial charge in [-0.15, -0.1) is 0 Å². The molecule has 0 amide bonds. The van der Waals surface area contributed by atoms with Crippen LogP contribution in [-0.2, 0) is 9.47 Å². The third-order valence-corrected chi connectivity index (χ3v) is 2.71. The molecule has 0 bridgehead atoms. The first kappa shape index (κ1) is 14.2. The van der Waals surface area contributed by atoms with Crippen molar-refractivity contribution in [2.45, 2.75) is 44.9 Å². The lowest BCUT2D eigenvalue weighted by Gasteiger charge is -2.25. The van der Waals surface area contributed by atoms with Crippen LogP contribution in [0.2, 0.25) is 0 Å². The number of hydrogen-bond acceptors (Lipinski definition) is 4. The molecule has 1 rings (SSSR count). The number of hydrazine groups is 1. The molecule has 3 unspecified atom stereocenters. The number of nitrogens with zero attached hydrogens (tertiary/aromatic N) is 1. The van der Waals surface area contributed by atoms with Crippen LogP contribution in [0.15, 0.2) is 4.99 Å². The van der Waals surface area contributed by atoms with Gasteiger partial charge in [0.15, 0.2) is 0 Å². The molecule has 1 saturated heterocycles. The van der Waals surface area contributed by atoms with Crippen molar-refractivity contribution in [3.63, 3.8) is 0 Å². The standard InChI is InChI=1S/C11H24N4O2/c1-8(7-16-3)13-11(15-12)14-10-4-5-17-9(2)6-10/h8-10H,4-7,12H2,1-3H3,(H2,13,14,15). The summed E-state index contributed by atoms with van der Waals surface area (Å²) in [4.78, 5) is 4.56. The predicted molar refractivity (Wildman–Crippen MR) is 67.7 cm³/mol. The van der Waals surface area contributed by atoms with E-state index in [0.717, 1.165) is 19.4 Å². The summed E-state index contributed by atoms with van der Waals surface area (Å²) in [6, 6.07) is 0.444. The van der Waals surface area contributed by atoms with Gasteiger partial charge in [0.1, 0.15) is 0 Å². The molecule has 3 atom stereocenters. The molecule has 0 aromatic carbocycles.